The maximum Gasteiger partial charge on any atom is 0.242 e. The molecule has 7 nitrogen and oxygen atoms in total. The number of nitrogens with one attached hydrogen (secondary N) is 1. The van der Waals surface area contributed by atoms with E-state index in [4.69, 9.17) is 14.2 Å². The van der Waals surface area contributed by atoms with Gasteiger partial charge in [-0.3, -0.25) is 9.59 Å². The van der Waals surface area contributed by atoms with E-state index in [1.54, 1.807) is 12.0 Å². The number of methoxy groups -OCH3 is 1. The van der Waals surface area contributed by atoms with Crippen LogP contribution in [0.1, 0.15) is 37.8 Å². The lowest BCUT2D eigenvalue weighted by Gasteiger charge is -2.30. The summed E-state index contributed by atoms with van der Waals surface area (Å²) in [6.45, 7) is 4.87. The van der Waals surface area contributed by atoms with Gasteiger partial charge in [-0.2, -0.15) is 0 Å². The molecule has 1 heterocycles. The van der Waals surface area contributed by atoms with Crippen LogP contribution in [0.25, 0.3) is 0 Å². The summed E-state index contributed by atoms with van der Waals surface area (Å²) in [5.74, 6) is 1.93. The van der Waals surface area contributed by atoms with Gasteiger partial charge in [-0.1, -0.05) is 25.1 Å². The van der Waals surface area contributed by atoms with Crippen molar-refractivity contribution in [1.82, 2.24) is 10.2 Å². The van der Waals surface area contributed by atoms with E-state index in [-0.39, 0.29) is 18.6 Å². The molecule has 3 rings (SSSR count). The highest BCUT2D eigenvalue weighted by Gasteiger charge is 2.28. The van der Waals surface area contributed by atoms with Crippen molar-refractivity contribution >= 4 is 11.8 Å². The molecule has 2 aromatic carbocycles. The minimum absolute atomic E-state index is 0.0708. The van der Waals surface area contributed by atoms with Crippen LogP contribution in [0.3, 0.4) is 0 Å². The standard InChI is InChI=1S/C24H30N2O5/c1-4-20(24(28)25-5-2)26(15-18-7-6-8-19(13-18)29-3)23(27)12-10-17-9-11-21-22(14-17)31-16-30-21/h6-9,11,13-14,20H,4-5,10,12,15-16H2,1-3H3,(H,25,28)/t20-/m0/s1. The summed E-state index contributed by atoms with van der Waals surface area (Å²) in [4.78, 5) is 27.6. The SMILES string of the molecule is CCNC(=O)[C@H](CC)N(Cc1cccc(OC)c1)C(=O)CCc1ccc2c(c1)OCO2. The Morgan fingerprint density at radius 2 is 1.90 bits per heavy atom. The molecule has 0 spiro atoms. The molecule has 1 aliphatic heterocycles. The Morgan fingerprint density at radius 3 is 2.65 bits per heavy atom. The molecule has 0 radical (unpaired) electrons. The summed E-state index contributed by atoms with van der Waals surface area (Å²) in [6.07, 6.45) is 1.38. The third kappa shape index (κ3) is 5.69. The number of likely N-dealkylation sites (N-methyl/N-ethyl adjacent to an activating group) is 1. The molecule has 1 N–H and O–H groups in total. The molecule has 0 aliphatic carbocycles. The maximum atomic E-state index is 13.3. The molecular weight excluding hydrogens is 396 g/mol. The number of carbonyl (C=O) groups is 2. The van der Waals surface area contributed by atoms with E-state index >= 15 is 0 Å². The molecule has 0 fully saturated rings. The van der Waals surface area contributed by atoms with E-state index in [0.717, 1.165) is 22.6 Å². The number of carbonyl (C=O) groups excluding carboxylic acids is 2. The fourth-order valence-electron chi connectivity index (χ4n) is 3.67. The van der Waals surface area contributed by atoms with Crippen molar-refractivity contribution in [3.8, 4) is 17.2 Å². The Balaban J connectivity index is 1.76. The summed E-state index contributed by atoms with van der Waals surface area (Å²) in [7, 11) is 1.61. The number of hydrogen-bond acceptors (Lipinski definition) is 5. The second-order valence-corrected chi connectivity index (χ2v) is 7.38. The van der Waals surface area contributed by atoms with Crippen LogP contribution >= 0.6 is 0 Å². The van der Waals surface area contributed by atoms with Crippen molar-refractivity contribution in [2.24, 2.45) is 0 Å². The molecular formula is C24H30N2O5. The van der Waals surface area contributed by atoms with Gasteiger partial charge >= 0.3 is 0 Å². The van der Waals surface area contributed by atoms with E-state index in [1.165, 1.54) is 0 Å². The van der Waals surface area contributed by atoms with E-state index in [9.17, 15) is 9.59 Å². The molecule has 0 aromatic heterocycles. The number of hydrogen-bond donors (Lipinski definition) is 1. The summed E-state index contributed by atoms with van der Waals surface area (Å²) >= 11 is 0. The van der Waals surface area contributed by atoms with Crippen LogP contribution in [0.2, 0.25) is 0 Å². The van der Waals surface area contributed by atoms with Crippen molar-refractivity contribution in [1.29, 1.82) is 0 Å². The number of amides is 2. The van der Waals surface area contributed by atoms with Crippen LogP contribution < -0.4 is 19.5 Å². The van der Waals surface area contributed by atoms with Crippen LogP contribution in [-0.2, 0) is 22.6 Å². The van der Waals surface area contributed by atoms with E-state index in [1.807, 2.05) is 56.3 Å². The van der Waals surface area contributed by atoms with Gasteiger partial charge in [0.1, 0.15) is 11.8 Å². The second kappa shape index (κ2) is 10.7. The third-order valence-corrected chi connectivity index (χ3v) is 5.29. The average molecular weight is 427 g/mol. The Hall–Kier alpha value is -3.22. The van der Waals surface area contributed by atoms with E-state index in [0.29, 0.717) is 38.1 Å². The lowest BCUT2D eigenvalue weighted by atomic mass is 10.1. The Labute approximate surface area is 183 Å². The minimum atomic E-state index is -0.532. The van der Waals surface area contributed by atoms with Crippen molar-refractivity contribution in [3.05, 3.63) is 53.6 Å². The third-order valence-electron chi connectivity index (χ3n) is 5.29. The average Bonchev–Trinajstić information content (AvgIpc) is 3.25. The van der Waals surface area contributed by atoms with Gasteiger partial charge in [-0.25, -0.2) is 0 Å². The number of nitrogens with zero attached hydrogens (tertiary/aromatic N) is 1. The molecule has 0 bridgehead atoms. The van der Waals surface area contributed by atoms with Gasteiger partial charge in [0.15, 0.2) is 11.5 Å². The van der Waals surface area contributed by atoms with Gasteiger partial charge < -0.3 is 24.4 Å². The molecule has 0 unspecified atom stereocenters. The number of rotatable bonds is 10. The molecule has 1 aliphatic rings. The highest BCUT2D eigenvalue weighted by Crippen LogP contribution is 2.32. The predicted molar refractivity (Wildman–Crippen MR) is 117 cm³/mol. The van der Waals surface area contributed by atoms with E-state index in [2.05, 4.69) is 5.32 Å². The molecule has 7 heteroatoms. The van der Waals surface area contributed by atoms with Crippen molar-refractivity contribution in [2.45, 2.75) is 45.7 Å². The van der Waals surface area contributed by atoms with E-state index < -0.39 is 6.04 Å². The Kier molecular flexibility index (Phi) is 7.76. The molecule has 2 aromatic rings. The summed E-state index contributed by atoms with van der Waals surface area (Å²) in [5, 5.41) is 2.85. The molecule has 166 valence electrons. The summed E-state index contributed by atoms with van der Waals surface area (Å²) < 4.78 is 16.1. The van der Waals surface area contributed by atoms with Gasteiger partial charge in [0.05, 0.1) is 7.11 Å². The van der Waals surface area contributed by atoms with Crippen molar-refractivity contribution in [3.63, 3.8) is 0 Å². The number of ether oxygens (including phenoxy) is 3. The molecule has 0 saturated heterocycles. The molecule has 0 saturated carbocycles. The topological polar surface area (TPSA) is 77.1 Å². The van der Waals surface area contributed by atoms with Crippen LogP contribution in [0, 0.1) is 0 Å². The van der Waals surface area contributed by atoms with Gasteiger partial charge in [0.2, 0.25) is 18.6 Å². The first-order chi connectivity index (χ1) is 15.0. The summed E-state index contributed by atoms with van der Waals surface area (Å²) in [6, 6.07) is 12.7. The molecule has 31 heavy (non-hydrogen) atoms. The maximum absolute atomic E-state index is 13.3. The molecule has 2 amide bonds. The van der Waals surface area contributed by atoms with Crippen LogP contribution in [0.15, 0.2) is 42.5 Å². The number of benzene rings is 2. The first kappa shape index (κ1) is 22.5. The lowest BCUT2D eigenvalue weighted by Crippen LogP contribution is -2.49. The normalized spacial score (nSPS) is 12.9. The van der Waals surface area contributed by atoms with Gasteiger partial charge in [0, 0.05) is 19.5 Å². The lowest BCUT2D eigenvalue weighted by molar-refractivity contribution is -0.141. The van der Waals surface area contributed by atoms with Crippen LogP contribution in [0.5, 0.6) is 17.2 Å². The highest BCUT2D eigenvalue weighted by molar-refractivity contribution is 5.87. The summed E-state index contributed by atoms with van der Waals surface area (Å²) in [5.41, 5.74) is 1.91. The minimum Gasteiger partial charge on any atom is -0.497 e. The van der Waals surface area contributed by atoms with Crippen LogP contribution in [0.4, 0.5) is 0 Å². The predicted octanol–water partition coefficient (Wildman–Crippen LogP) is 3.30. The fourth-order valence-corrected chi connectivity index (χ4v) is 3.67. The highest BCUT2D eigenvalue weighted by atomic mass is 16.7. The zero-order valence-corrected chi connectivity index (χ0v) is 18.3. The first-order valence-electron chi connectivity index (χ1n) is 10.6. The Bertz CT molecular complexity index is 915. The quantitative estimate of drug-likeness (QED) is 0.631. The number of fused-ring (bicyclic) bond motifs is 1. The Morgan fingerprint density at radius 1 is 1.10 bits per heavy atom. The van der Waals surface area contributed by atoms with Gasteiger partial charge in [0.25, 0.3) is 0 Å². The van der Waals surface area contributed by atoms with Gasteiger partial charge in [-0.05, 0) is 55.2 Å². The fraction of sp³-hybridized carbons (Fsp3) is 0.417. The van der Waals surface area contributed by atoms with Crippen molar-refractivity contribution in [2.75, 3.05) is 20.4 Å². The monoisotopic (exact) mass is 426 g/mol. The zero-order valence-electron chi connectivity index (χ0n) is 18.3. The van der Waals surface area contributed by atoms with Gasteiger partial charge in [-0.15, -0.1) is 0 Å². The molecule has 1 atom stereocenters. The first-order valence-corrected chi connectivity index (χ1v) is 10.6. The largest absolute Gasteiger partial charge is 0.497 e. The van der Waals surface area contributed by atoms with Crippen molar-refractivity contribution < 1.29 is 23.8 Å². The smallest absolute Gasteiger partial charge is 0.242 e. The number of aryl methyl sites for hydroxylation is 1. The van der Waals surface area contributed by atoms with Crippen LogP contribution in [-0.4, -0.2) is 43.2 Å². The second-order valence-electron chi connectivity index (χ2n) is 7.38. The zero-order chi connectivity index (χ0) is 22.2.